The third-order valence-corrected chi connectivity index (χ3v) is 3.51. The van der Waals surface area contributed by atoms with Gasteiger partial charge in [-0.05, 0) is 44.4 Å². The third-order valence-electron chi connectivity index (χ3n) is 3.51. The van der Waals surface area contributed by atoms with E-state index in [9.17, 15) is 0 Å². The van der Waals surface area contributed by atoms with Crippen LogP contribution >= 0.6 is 0 Å². The van der Waals surface area contributed by atoms with Crippen molar-refractivity contribution in [3.05, 3.63) is 29.1 Å². The van der Waals surface area contributed by atoms with Gasteiger partial charge < -0.3 is 5.32 Å². The van der Waals surface area contributed by atoms with Gasteiger partial charge in [0.2, 0.25) is 0 Å². The Bertz CT molecular complexity index is 360. The average Bonchev–Trinajstić information content (AvgIpc) is 2.29. The van der Waals surface area contributed by atoms with Crippen molar-refractivity contribution in [2.24, 2.45) is 5.92 Å². The molecular weight excluding hydrogens is 220 g/mol. The van der Waals surface area contributed by atoms with Gasteiger partial charge in [0.1, 0.15) is 0 Å². The predicted molar refractivity (Wildman–Crippen MR) is 78.8 cm³/mol. The minimum absolute atomic E-state index is 0.449. The fraction of sp³-hybridized carbons (Fsp3) is 0.688. The molecule has 102 valence electrons. The van der Waals surface area contributed by atoms with E-state index < -0.39 is 0 Å². The van der Waals surface area contributed by atoms with Gasteiger partial charge in [-0.15, -0.1) is 0 Å². The molecule has 18 heavy (non-hydrogen) atoms. The lowest BCUT2D eigenvalue weighted by atomic mass is 9.92. The van der Waals surface area contributed by atoms with Gasteiger partial charge in [-0.2, -0.15) is 0 Å². The lowest BCUT2D eigenvalue weighted by Crippen LogP contribution is -2.24. The van der Waals surface area contributed by atoms with Gasteiger partial charge >= 0.3 is 0 Å². The molecule has 0 radical (unpaired) electrons. The minimum atomic E-state index is 0.449. The molecule has 2 unspecified atom stereocenters. The summed E-state index contributed by atoms with van der Waals surface area (Å²) < 4.78 is 0. The fourth-order valence-electron chi connectivity index (χ4n) is 2.65. The van der Waals surface area contributed by atoms with Crippen LogP contribution in [0.3, 0.4) is 0 Å². The van der Waals surface area contributed by atoms with Crippen molar-refractivity contribution in [2.75, 3.05) is 6.54 Å². The molecule has 0 saturated carbocycles. The molecular formula is C16H28N2. The zero-order valence-electron chi connectivity index (χ0n) is 12.6. The lowest BCUT2D eigenvalue weighted by molar-refractivity contribution is 0.393. The van der Waals surface area contributed by atoms with Crippen LogP contribution in [0.25, 0.3) is 0 Å². The van der Waals surface area contributed by atoms with Crippen molar-refractivity contribution in [1.29, 1.82) is 0 Å². The Kier molecular flexibility index (Phi) is 6.34. The molecule has 1 rings (SSSR count). The topological polar surface area (TPSA) is 24.9 Å². The number of hydrogen-bond acceptors (Lipinski definition) is 2. The van der Waals surface area contributed by atoms with Crippen LogP contribution in [0.2, 0.25) is 0 Å². The molecule has 2 atom stereocenters. The number of aromatic nitrogens is 1. The molecule has 2 heteroatoms. The van der Waals surface area contributed by atoms with Crippen LogP contribution in [0.15, 0.2) is 12.1 Å². The highest BCUT2D eigenvalue weighted by molar-refractivity contribution is 5.25. The van der Waals surface area contributed by atoms with Gasteiger partial charge in [0.25, 0.3) is 0 Å². The SMILES string of the molecule is CCCC(C)CC(NCC)c1ccc(C)nc1C. The summed E-state index contributed by atoms with van der Waals surface area (Å²) in [5.74, 6) is 0.764. The second-order valence-corrected chi connectivity index (χ2v) is 5.37. The summed E-state index contributed by atoms with van der Waals surface area (Å²) in [5, 5.41) is 3.61. The zero-order valence-corrected chi connectivity index (χ0v) is 12.6. The Balaban J connectivity index is 2.82. The predicted octanol–water partition coefficient (Wildman–Crippen LogP) is 4.18. The van der Waals surface area contributed by atoms with Crippen LogP contribution in [0.4, 0.5) is 0 Å². The van der Waals surface area contributed by atoms with E-state index in [2.05, 4.69) is 57.1 Å². The number of nitrogens with one attached hydrogen (secondary N) is 1. The number of nitrogens with zero attached hydrogens (tertiary/aromatic N) is 1. The maximum atomic E-state index is 4.59. The van der Waals surface area contributed by atoms with Crippen LogP contribution in [0.5, 0.6) is 0 Å². The van der Waals surface area contributed by atoms with Crippen molar-refractivity contribution in [1.82, 2.24) is 10.3 Å². The molecule has 1 aromatic heterocycles. The van der Waals surface area contributed by atoms with Gasteiger partial charge in [-0.3, -0.25) is 4.98 Å². The van der Waals surface area contributed by atoms with E-state index in [1.807, 2.05) is 0 Å². The standard InChI is InChI=1S/C16H28N2/c1-6-8-12(3)11-16(17-7-2)15-10-9-13(4)18-14(15)5/h9-10,12,16-17H,6-8,11H2,1-5H3. The molecule has 0 aliphatic carbocycles. The molecule has 0 aliphatic rings. The van der Waals surface area contributed by atoms with Crippen LogP contribution in [-0.4, -0.2) is 11.5 Å². The first-order valence-electron chi connectivity index (χ1n) is 7.26. The first-order valence-corrected chi connectivity index (χ1v) is 7.26. The van der Waals surface area contributed by atoms with Crippen molar-refractivity contribution >= 4 is 0 Å². The summed E-state index contributed by atoms with van der Waals surface area (Å²) in [6.07, 6.45) is 3.78. The average molecular weight is 248 g/mol. The van der Waals surface area contributed by atoms with Crippen molar-refractivity contribution in [3.63, 3.8) is 0 Å². The molecule has 1 N–H and O–H groups in total. The largest absolute Gasteiger partial charge is 0.310 e. The monoisotopic (exact) mass is 248 g/mol. The van der Waals surface area contributed by atoms with E-state index in [0.717, 1.165) is 18.2 Å². The molecule has 0 bridgehead atoms. The van der Waals surface area contributed by atoms with E-state index in [4.69, 9.17) is 0 Å². The van der Waals surface area contributed by atoms with Crippen molar-refractivity contribution < 1.29 is 0 Å². The minimum Gasteiger partial charge on any atom is -0.310 e. The van der Waals surface area contributed by atoms with E-state index in [1.54, 1.807) is 0 Å². The van der Waals surface area contributed by atoms with Crippen molar-refractivity contribution in [3.8, 4) is 0 Å². The Morgan fingerprint density at radius 3 is 2.50 bits per heavy atom. The Hall–Kier alpha value is -0.890. The highest BCUT2D eigenvalue weighted by Crippen LogP contribution is 2.25. The smallest absolute Gasteiger partial charge is 0.0423 e. The molecule has 0 fully saturated rings. The number of hydrogen-bond donors (Lipinski definition) is 1. The summed E-state index contributed by atoms with van der Waals surface area (Å²) in [5.41, 5.74) is 3.64. The number of aryl methyl sites for hydroxylation is 2. The summed E-state index contributed by atoms with van der Waals surface area (Å²) >= 11 is 0. The molecule has 0 saturated heterocycles. The molecule has 0 aromatic carbocycles. The van der Waals surface area contributed by atoms with E-state index in [1.165, 1.54) is 30.5 Å². The van der Waals surface area contributed by atoms with Crippen molar-refractivity contribution in [2.45, 2.75) is 59.9 Å². The van der Waals surface area contributed by atoms with E-state index in [0.29, 0.717) is 6.04 Å². The third kappa shape index (κ3) is 4.41. The van der Waals surface area contributed by atoms with Crippen LogP contribution in [0, 0.1) is 19.8 Å². The number of rotatable bonds is 7. The van der Waals surface area contributed by atoms with Gasteiger partial charge in [0, 0.05) is 17.4 Å². The maximum absolute atomic E-state index is 4.59. The molecule has 1 heterocycles. The van der Waals surface area contributed by atoms with Gasteiger partial charge in [-0.1, -0.05) is 39.7 Å². The van der Waals surface area contributed by atoms with E-state index in [-0.39, 0.29) is 0 Å². The quantitative estimate of drug-likeness (QED) is 0.783. The summed E-state index contributed by atoms with van der Waals surface area (Å²) in [6, 6.07) is 4.81. The number of pyridine rings is 1. The lowest BCUT2D eigenvalue weighted by Gasteiger charge is -2.23. The van der Waals surface area contributed by atoms with Crippen LogP contribution in [-0.2, 0) is 0 Å². The highest BCUT2D eigenvalue weighted by Gasteiger charge is 2.16. The Morgan fingerprint density at radius 2 is 1.94 bits per heavy atom. The summed E-state index contributed by atoms with van der Waals surface area (Å²) in [4.78, 5) is 4.59. The van der Waals surface area contributed by atoms with Crippen LogP contribution in [0.1, 0.15) is 63.0 Å². The summed E-state index contributed by atoms with van der Waals surface area (Å²) in [7, 11) is 0. The summed E-state index contributed by atoms with van der Waals surface area (Å²) in [6.45, 7) is 12.0. The highest BCUT2D eigenvalue weighted by atomic mass is 14.9. The second kappa shape index (κ2) is 7.52. The van der Waals surface area contributed by atoms with E-state index >= 15 is 0 Å². The Morgan fingerprint density at radius 1 is 1.22 bits per heavy atom. The Labute approximate surface area is 112 Å². The normalized spacial score (nSPS) is 14.5. The molecule has 0 aliphatic heterocycles. The molecule has 1 aromatic rings. The first-order chi connectivity index (χ1) is 8.58. The second-order valence-electron chi connectivity index (χ2n) is 5.37. The van der Waals surface area contributed by atoms with Crippen LogP contribution < -0.4 is 5.32 Å². The maximum Gasteiger partial charge on any atom is 0.0423 e. The van der Waals surface area contributed by atoms with Gasteiger partial charge in [-0.25, -0.2) is 0 Å². The molecule has 2 nitrogen and oxygen atoms in total. The zero-order chi connectivity index (χ0) is 13.5. The molecule has 0 spiro atoms. The van der Waals surface area contributed by atoms with Gasteiger partial charge in [0.05, 0.1) is 0 Å². The fourth-order valence-corrected chi connectivity index (χ4v) is 2.65. The first kappa shape index (κ1) is 15.2. The van der Waals surface area contributed by atoms with Gasteiger partial charge in [0.15, 0.2) is 0 Å². The molecule has 0 amide bonds.